The average molecular weight is 296 g/mol. The first-order valence-electron chi connectivity index (χ1n) is 8.84. The predicted molar refractivity (Wildman–Crippen MR) is 85.3 cm³/mol. The Morgan fingerprint density at radius 3 is 2.62 bits per heavy atom. The second-order valence-corrected chi connectivity index (χ2v) is 6.55. The van der Waals surface area contributed by atoms with E-state index in [4.69, 9.17) is 4.74 Å². The molecule has 0 bridgehead atoms. The minimum absolute atomic E-state index is 0.150. The minimum atomic E-state index is 0.150. The van der Waals surface area contributed by atoms with Crippen LogP contribution < -0.4 is 5.32 Å². The fourth-order valence-electron chi connectivity index (χ4n) is 3.86. The van der Waals surface area contributed by atoms with Gasteiger partial charge in [-0.25, -0.2) is 0 Å². The number of hydrogen-bond acceptors (Lipinski definition) is 3. The molecular formula is C17H32N2O2. The van der Waals surface area contributed by atoms with Gasteiger partial charge in [0.25, 0.3) is 0 Å². The predicted octanol–water partition coefficient (Wildman–Crippen LogP) is 2.72. The highest BCUT2D eigenvalue weighted by Gasteiger charge is 2.38. The fraction of sp³-hybridized carbons (Fsp3) is 0.941. The summed E-state index contributed by atoms with van der Waals surface area (Å²) < 4.78 is 6.12. The Kier molecular flexibility index (Phi) is 6.49. The summed E-state index contributed by atoms with van der Waals surface area (Å²) in [6, 6.07) is 0.529. The van der Waals surface area contributed by atoms with Crippen molar-refractivity contribution < 1.29 is 9.53 Å². The van der Waals surface area contributed by atoms with Gasteiger partial charge in [0.15, 0.2) is 0 Å². The molecule has 0 radical (unpaired) electrons. The summed E-state index contributed by atoms with van der Waals surface area (Å²) in [6.07, 6.45) is 9.27. The molecule has 2 rings (SSSR count). The van der Waals surface area contributed by atoms with Gasteiger partial charge < -0.3 is 15.0 Å². The van der Waals surface area contributed by atoms with Crippen LogP contribution in [0.2, 0.25) is 0 Å². The Hall–Kier alpha value is -0.610. The molecule has 1 aliphatic carbocycles. The Balaban J connectivity index is 1.72. The van der Waals surface area contributed by atoms with Crippen molar-refractivity contribution in [3.63, 3.8) is 0 Å². The van der Waals surface area contributed by atoms with Gasteiger partial charge in [-0.2, -0.15) is 0 Å². The van der Waals surface area contributed by atoms with Crippen LogP contribution in [-0.4, -0.2) is 48.7 Å². The van der Waals surface area contributed by atoms with Crippen molar-refractivity contribution in [2.75, 3.05) is 26.2 Å². The molecule has 1 amide bonds. The van der Waals surface area contributed by atoms with Crippen molar-refractivity contribution in [2.45, 2.75) is 76.9 Å². The molecule has 0 aromatic heterocycles. The number of nitrogens with one attached hydrogen (secondary N) is 1. The van der Waals surface area contributed by atoms with Crippen molar-refractivity contribution in [1.29, 1.82) is 0 Å². The van der Waals surface area contributed by atoms with E-state index < -0.39 is 0 Å². The third-order valence-electron chi connectivity index (χ3n) is 5.15. The molecule has 4 nitrogen and oxygen atoms in total. The molecular weight excluding hydrogens is 264 g/mol. The van der Waals surface area contributed by atoms with Gasteiger partial charge in [0.05, 0.1) is 5.60 Å². The Morgan fingerprint density at radius 2 is 1.95 bits per heavy atom. The zero-order valence-electron chi connectivity index (χ0n) is 13.8. The molecule has 1 heterocycles. The van der Waals surface area contributed by atoms with Crippen LogP contribution in [0.4, 0.5) is 0 Å². The van der Waals surface area contributed by atoms with E-state index in [-0.39, 0.29) is 11.5 Å². The van der Waals surface area contributed by atoms with Gasteiger partial charge in [0, 0.05) is 38.7 Å². The molecule has 1 saturated carbocycles. The number of hydrogen-bond donors (Lipinski definition) is 1. The molecule has 2 aliphatic rings. The summed E-state index contributed by atoms with van der Waals surface area (Å²) in [4.78, 5) is 13.9. The zero-order chi connectivity index (χ0) is 15.1. The van der Waals surface area contributed by atoms with Gasteiger partial charge >= 0.3 is 0 Å². The lowest BCUT2D eigenvalue weighted by atomic mass is 9.78. The number of ether oxygens (including phenoxy) is 1. The molecule has 1 unspecified atom stereocenters. The zero-order valence-corrected chi connectivity index (χ0v) is 13.8. The Labute approximate surface area is 129 Å². The van der Waals surface area contributed by atoms with Crippen LogP contribution in [0, 0.1) is 0 Å². The third-order valence-corrected chi connectivity index (χ3v) is 5.15. The molecule has 1 saturated heterocycles. The second kappa shape index (κ2) is 8.14. The van der Waals surface area contributed by atoms with E-state index in [0.717, 1.165) is 39.1 Å². The smallest absolute Gasteiger partial charge is 0.223 e. The number of carbonyl (C=O) groups excluding carboxylic acids is 1. The maximum atomic E-state index is 12.0. The monoisotopic (exact) mass is 296 g/mol. The van der Waals surface area contributed by atoms with E-state index >= 15 is 0 Å². The largest absolute Gasteiger partial charge is 0.375 e. The Morgan fingerprint density at radius 1 is 1.24 bits per heavy atom. The van der Waals surface area contributed by atoms with Crippen LogP contribution in [0.15, 0.2) is 0 Å². The third kappa shape index (κ3) is 4.68. The van der Waals surface area contributed by atoms with Gasteiger partial charge in [-0.05, 0) is 39.5 Å². The summed E-state index contributed by atoms with van der Waals surface area (Å²) in [6.45, 7) is 7.39. The minimum Gasteiger partial charge on any atom is -0.375 e. The van der Waals surface area contributed by atoms with Crippen molar-refractivity contribution in [3.8, 4) is 0 Å². The van der Waals surface area contributed by atoms with E-state index in [1.165, 1.54) is 32.1 Å². The van der Waals surface area contributed by atoms with Crippen molar-refractivity contribution in [1.82, 2.24) is 10.2 Å². The van der Waals surface area contributed by atoms with E-state index in [1.54, 1.807) is 0 Å². The topological polar surface area (TPSA) is 41.6 Å². The van der Waals surface area contributed by atoms with Crippen LogP contribution in [-0.2, 0) is 9.53 Å². The summed E-state index contributed by atoms with van der Waals surface area (Å²) in [5, 5.41) is 3.60. The first kappa shape index (κ1) is 16.8. The van der Waals surface area contributed by atoms with Crippen molar-refractivity contribution >= 4 is 5.91 Å². The molecule has 1 N–H and O–H groups in total. The molecule has 4 heteroatoms. The SMILES string of the molecule is CCN(CC)C(=O)CCNC1CCOC2(CCCCC2)C1. The first-order valence-corrected chi connectivity index (χ1v) is 8.84. The number of carbonyl (C=O) groups is 1. The van der Waals surface area contributed by atoms with Crippen LogP contribution in [0.3, 0.4) is 0 Å². The lowest BCUT2D eigenvalue weighted by Gasteiger charge is -2.43. The van der Waals surface area contributed by atoms with E-state index in [9.17, 15) is 4.79 Å². The van der Waals surface area contributed by atoms with Gasteiger partial charge in [-0.3, -0.25) is 4.79 Å². The summed E-state index contributed by atoms with van der Waals surface area (Å²) in [7, 11) is 0. The van der Waals surface area contributed by atoms with E-state index in [2.05, 4.69) is 5.32 Å². The van der Waals surface area contributed by atoms with Gasteiger partial charge in [0.2, 0.25) is 5.91 Å². The molecule has 0 aromatic rings. The van der Waals surface area contributed by atoms with Crippen LogP contribution in [0.1, 0.15) is 65.2 Å². The number of nitrogens with zero attached hydrogens (tertiary/aromatic N) is 1. The molecule has 0 aromatic carbocycles. The van der Waals surface area contributed by atoms with Crippen LogP contribution in [0.5, 0.6) is 0 Å². The second-order valence-electron chi connectivity index (χ2n) is 6.55. The van der Waals surface area contributed by atoms with Crippen molar-refractivity contribution in [3.05, 3.63) is 0 Å². The molecule has 1 spiro atoms. The average Bonchev–Trinajstić information content (AvgIpc) is 2.49. The molecule has 21 heavy (non-hydrogen) atoms. The van der Waals surface area contributed by atoms with Gasteiger partial charge in [-0.15, -0.1) is 0 Å². The lowest BCUT2D eigenvalue weighted by molar-refractivity contribution is -0.130. The molecule has 122 valence electrons. The van der Waals surface area contributed by atoms with Crippen LogP contribution in [0.25, 0.3) is 0 Å². The molecule has 1 aliphatic heterocycles. The highest BCUT2D eigenvalue weighted by atomic mass is 16.5. The summed E-state index contributed by atoms with van der Waals surface area (Å²) in [5.74, 6) is 0.270. The summed E-state index contributed by atoms with van der Waals surface area (Å²) >= 11 is 0. The summed E-state index contributed by atoms with van der Waals surface area (Å²) in [5.41, 5.74) is 0.150. The highest BCUT2D eigenvalue weighted by molar-refractivity contribution is 5.76. The highest BCUT2D eigenvalue weighted by Crippen LogP contribution is 2.38. The number of rotatable bonds is 6. The molecule has 1 atom stereocenters. The number of amides is 1. The van der Waals surface area contributed by atoms with Crippen molar-refractivity contribution in [2.24, 2.45) is 0 Å². The van der Waals surface area contributed by atoms with Gasteiger partial charge in [-0.1, -0.05) is 19.3 Å². The maximum absolute atomic E-state index is 12.0. The lowest BCUT2D eigenvalue weighted by Crippen LogP contribution is -2.48. The first-order chi connectivity index (χ1) is 10.2. The fourth-order valence-corrected chi connectivity index (χ4v) is 3.86. The van der Waals surface area contributed by atoms with E-state index in [1.807, 2.05) is 18.7 Å². The normalized spacial score (nSPS) is 25.0. The van der Waals surface area contributed by atoms with E-state index in [0.29, 0.717) is 12.5 Å². The van der Waals surface area contributed by atoms with Crippen LogP contribution >= 0.6 is 0 Å². The standard InChI is InChI=1S/C17H32N2O2/c1-3-19(4-2)16(20)8-12-18-15-9-13-21-17(14-15)10-6-5-7-11-17/h15,18H,3-14H2,1-2H3. The molecule has 2 fully saturated rings. The van der Waals surface area contributed by atoms with Gasteiger partial charge in [0.1, 0.15) is 0 Å². The maximum Gasteiger partial charge on any atom is 0.223 e. The Bertz CT molecular complexity index is 317. The quantitative estimate of drug-likeness (QED) is 0.819.